The van der Waals surface area contributed by atoms with E-state index in [9.17, 15) is 9.59 Å². The summed E-state index contributed by atoms with van der Waals surface area (Å²) in [5.74, 6) is 0.762. The van der Waals surface area contributed by atoms with Crippen LogP contribution in [0.25, 0.3) is 0 Å². The average molecular weight is 263 g/mol. The monoisotopic (exact) mass is 263 g/mol. The number of ether oxygens (including phenoxy) is 1. The summed E-state index contributed by atoms with van der Waals surface area (Å²) in [6.07, 6.45) is 1.48. The van der Waals surface area contributed by atoms with Gasteiger partial charge in [0, 0.05) is 12.8 Å². The summed E-state index contributed by atoms with van der Waals surface area (Å²) in [6.45, 7) is 3.51. The van der Waals surface area contributed by atoms with E-state index in [1.807, 2.05) is 24.3 Å². The fraction of sp³-hybridized carbons (Fsp3) is 0.467. The van der Waals surface area contributed by atoms with Crippen molar-refractivity contribution in [2.24, 2.45) is 0 Å². The van der Waals surface area contributed by atoms with Gasteiger partial charge in [-0.2, -0.15) is 0 Å². The van der Waals surface area contributed by atoms with Gasteiger partial charge < -0.3 is 10.1 Å². The Kier molecular flexibility index (Phi) is 6.06. The van der Waals surface area contributed by atoms with Crippen molar-refractivity contribution < 1.29 is 14.3 Å². The average Bonchev–Trinajstić information content (AvgIpc) is 2.44. The second-order valence-corrected chi connectivity index (χ2v) is 4.46. The lowest BCUT2D eigenvalue weighted by molar-refractivity contribution is -0.127. The molecule has 0 aliphatic heterocycles. The van der Waals surface area contributed by atoms with Gasteiger partial charge in [-0.05, 0) is 31.0 Å². The summed E-state index contributed by atoms with van der Waals surface area (Å²) in [5, 5.41) is 2.71. The predicted octanol–water partition coefficient (Wildman–Crippen LogP) is 2.11. The maximum absolute atomic E-state index is 11.7. The summed E-state index contributed by atoms with van der Waals surface area (Å²) in [4.78, 5) is 23.0. The first-order valence-corrected chi connectivity index (χ1v) is 6.51. The number of hydrogen-bond donors (Lipinski definition) is 1. The fourth-order valence-electron chi connectivity index (χ4n) is 1.75. The molecule has 0 radical (unpaired) electrons. The fourth-order valence-corrected chi connectivity index (χ4v) is 1.75. The van der Waals surface area contributed by atoms with E-state index in [1.54, 1.807) is 21.0 Å². The van der Waals surface area contributed by atoms with Gasteiger partial charge in [0.2, 0.25) is 5.91 Å². The lowest BCUT2D eigenvalue weighted by atomic mass is 10.1. The quantitative estimate of drug-likeness (QED) is 0.819. The van der Waals surface area contributed by atoms with Crippen LogP contribution in [0.5, 0.6) is 5.75 Å². The molecule has 1 aromatic rings. The van der Waals surface area contributed by atoms with Crippen LogP contribution in [0.4, 0.5) is 0 Å². The van der Waals surface area contributed by atoms with E-state index in [-0.39, 0.29) is 11.7 Å². The molecule has 4 heteroatoms. The first kappa shape index (κ1) is 15.2. The summed E-state index contributed by atoms with van der Waals surface area (Å²) < 4.78 is 5.07. The number of benzene rings is 1. The van der Waals surface area contributed by atoms with Crippen molar-refractivity contribution in [2.75, 3.05) is 7.11 Å². The summed E-state index contributed by atoms with van der Waals surface area (Å²) >= 11 is 0. The molecule has 0 aromatic heterocycles. The number of Topliss-reactive ketones (excluding diaryl/α,β-unsaturated/α-hetero) is 1. The van der Waals surface area contributed by atoms with Crippen LogP contribution in [0.15, 0.2) is 24.3 Å². The van der Waals surface area contributed by atoms with E-state index in [0.717, 1.165) is 11.3 Å². The first-order valence-electron chi connectivity index (χ1n) is 6.51. The van der Waals surface area contributed by atoms with Crippen LogP contribution < -0.4 is 10.1 Å². The Bertz CT molecular complexity index is 426. The van der Waals surface area contributed by atoms with Crippen LogP contribution in [0.3, 0.4) is 0 Å². The largest absolute Gasteiger partial charge is 0.497 e. The number of rotatable bonds is 7. The molecule has 1 amide bonds. The normalized spacial score (nSPS) is 11.7. The minimum atomic E-state index is -0.395. The van der Waals surface area contributed by atoms with Gasteiger partial charge in [0.25, 0.3) is 0 Å². The Balaban J connectivity index is 2.39. The predicted molar refractivity (Wildman–Crippen MR) is 74.2 cm³/mol. The Labute approximate surface area is 114 Å². The third kappa shape index (κ3) is 5.12. The highest BCUT2D eigenvalue weighted by Gasteiger charge is 2.13. The Morgan fingerprint density at radius 1 is 1.26 bits per heavy atom. The second kappa shape index (κ2) is 7.56. The zero-order valence-electron chi connectivity index (χ0n) is 11.7. The van der Waals surface area contributed by atoms with Gasteiger partial charge >= 0.3 is 0 Å². The molecule has 0 spiro atoms. The maximum Gasteiger partial charge on any atom is 0.220 e. The van der Waals surface area contributed by atoms with Crippen LogP contribution in [0, 0.1) is 0 Å². The molecule has 1 N–H and O–H groups in total. The highest BCUT2D eigenvalue weighted by molar-refractivity contribution is 5.88. The van der Waals surface area contributed by atoms with Crippen molar-refractivity contribution >= 4 is 11.7 Å². The van der Waals surface area contributed by atoms with Gasteiger partial charge in [-0.15, -0.1) is 0 Å². The van der Waals surface area contributed by atoms with E-state index < -0.39 is 6.04 Å². The molecule has 0 saturated heterocycles. The molecule has 0 saturated carbocycles. The van der Waals surface area contributed by atoms with Crippen molar-refractivity contribution in [3.8, 4) is 5.75 Å². The zero-order valence-corrected chi connectivity index (χ0v) is 11.7. The van der Waals surface area contributed by atoms with Crippen molar-refractivity contribution in [1.29, 1.82) is 0 Å². The molecule has 0 aliphatic carbocycles. The summed E-state index contributed by atoms with van der Waals surface area (Å²) in [5.41, 5.74) is 1.07. The number of amides is 1. The van der Waals surface area contributed by atoms with Gasteiger partial charge in [-0.3, -0.25) is 9.59 Å². The Morgan fingerprint density at radius 2 is 1.89 bits per heavy atom. The number of nitrogens with one attached hydrogen (secondary N) is 1. The van der Waals surface area contributed by atoms with Gasteiger partial charge in [0.05, 0.1) is 13.2 Å². The van der Waals surface area contributed by atoms with Gasteiger partial charge in [-0.25, -0.2) is 0 Å². The Hall–Kier alpha value is -1.84. The molecular formula is C15H21NO3. The minimum Gasteiger partial charge on any atom is -0.497 e. The molecule has 0 heterocycles. The highest BCUT2D eigenvalue weighted by Crippen LogP contribution is 2.12. The smallest absolute Gasteiger partial charge is 0.220 e. The second-order valence-electron chi connectivity index (χ2n) is 4.46. The highest BCUT2D eigenvalue weighted by atomic mass is 16.5. The van der Waals surface area contributed by atoms with E-state index >= 15 is 0 Å². The zero-order chi connectivity index (χ0) is 14.3. The molecule has 1 unspecified atom stereocenters. The van der Waals surface area contributed by atoms with Gasteiger partial charge in [-0.1, -0.05) is 19.1 Å². The molecule has 0 fully saturated rings. The topological polar surface area (TPSA) is 55.4 Å². The molecule has 1 atom stereocenters. The van der Waals surface area contributed by atoms with E-state index in [0.29, 0.717) is 19.3 Å². The van der Waals surface area contributed by atoms with Crippen LogP contribution in [-0.4, -0.2) is 24.8 Å². The third-order valence-electron chi connectivity index (χ3n) is 3.01. The summed E-state index contributed by atoms with van der Waals surface area (Å²) in [6, 6.07) is 7.22. The van der Waals surface area contributed by atoms with Crippen LogP contribution in [-0.2, 0) is 16.0 Å². The van der Waals surface area contributed by atoms with Crippen LogP contribution in [0.2, 0.25) is 0 Å². The number of methoxy groups -OCH3 is 1. The van der Waals surface area contributed by atoms with Crippen LogP contribution >= 0.6 is 0 Å². The standard InChI is InChI=1S/C15H21NO3/c1-4-14(17)11(2)16-15(18)10-7-12-5-8-13(19-3)9-6-12/h5-6,8-9,11H,4,7,10H2,1-3H3,(H,16,18). The molecular weight excluding hydrogens is 242 g/mol. The van der Waals surface area contributed by atoms with Gasteiger partial charge in [0.1, 0.15) is 5.75 Å². The number of carbonyl (C=O) groups is 2. The van der Waals surface area contributed by atoms with Crippen molar-refractivity contribution in [2.45, 2.75) is 39.2 Å². The van der Waals surface area contributed by atoms with E-state index in [2.05, 4.69) is 5.32 Å². The maximum atomic E-state index is 11.7. The van der Waals surface area contributed by atoms with E-state index in [1.165, 1.54) is 0 Å². The number of aryl methyl sites for hydroxylation is 1. The van der Waals surface area contributed by atoms with Crippen molar-refractivity contribution in [3.63, 3.8) is 0 Å². The molecule has 1 aromatic carbocycles. The van der Waals surface area contributed by atoms with E-state index in [4.69, 9.17) is 4.74 Å². The molecule has 19 heavy (non-hydrogen) atoms. The lowest BCUT2D eigenvalue weighted by Gasteiger charge is -2.11. The first-order chi connectivity index (χ1) is 9.06. The molecule has 4 nitrogen and oxygen atoms in total. The lowest BCUT2D eigenvalue weighted by Crippen LogP contribution is -2.38. The van der Waals surface area contributed by atoms with Crippen molar-refractivity contribution in [3.05, 3.63) is 29.8 Å². The Morgan fingerprint density at radius 3 is 2.42 bits per heavy atom. The molecule has 104 valence electrons. The number of hydrogen-bond acceptors (Lipinski definition) is 3. The number of carbonyl (C=O) groups excluding carboxylic acids is 2. The minimum absolute atomic E-state index is 0.0535. The molecule has 1 rings (SSSR count). The third-order valence-corrected chi connectivity index (χ3v) is 3.01. The summed E-state index contributed by atoms with van der Waals surface area (Å²) in [7, 11) is 1.62. The van der Waals surface area contributed by atoms with Gasteiger partial charge in [0.15, 0.2) is 5.78 Å². The van der Waals surface area contributed by atoms with Crippen LogP contribution in [0.1, 0.15) is 32.3 Å². The SMILES string of the molecule is CCC(=O)C(C)NC(=O)CCc1ccc(OC)cc1. The molecule has 0 bridgehead atoms. The molecule has 0 aliphatic rings. The number of ketones is 1. The van der Waals surface area contributed by atoms with Crippen molar-refractivity contribution in [1.82, 2.24) is 5.32 Å².